The first-order chi connectivity index (χ1) is 7.83. The van der Waals surface area contributed by atoms with E-state index in [4.69, 9.17) is 4.52 Å². The Morgan fingerprint density at radius 1 is 1.50 bits per heavy atom. The van der Waals surface area contributed by atoms with Crippen LogP contribution >= 0.6 is 0 Å². The van der Waals surface area contributed by atoms with Crippen LogP contribution in [-0.4, -0.2) is 15.5 Å². The molecule has 2 aromatic rings. The highest BCUT2D eigenvalue weighted by Crippen LogP contribution is 2.32. The minimum atomic E-state index is 0.274. The van der Waals surface area contributed by atoms with Crippen molar-refractivity contribution in [2.45, 2.75) is 19.4 Å². The van der Waals surface area contributed by atoms with Crippen molar-refractivity contribution in [2.24, 2.45) is 5.92 Å². The minimum Gasteiger partial charge on any atom is -0.359 e. The fourth-order valence-corrected chi connectivity index (χ4v) is 1.77. The van der Waals surface area contributed by atoms with Crippen molar-refractivity contribution in [1.29, 1.82) is 0 Å². The lowest BCUT2D eigenvalue weighted by molar-refractivity contribution is 0.0967. The maximum Gasteiger partial charge on any atom is 0.167 e. The predicted octanol–water partition coefficient (Wildman–Crippen LogP) is 2.12. The Hall–Kier alpha value is -1.84. The Morgan fingerprint density at radius 3 is 3.06 bits per heavy atom. The zero-order chi connectivity index (χ0) is 11.0. The molecule has 1 aliphatic rings. The molecule has 0 aliphatic heterocycles. The second kappa shape index (κ2) is 3.63. The fraction of sp³-hybridized carbons (Fsp3) is 0.333. The fourth-order valence-electron chi connectivity index (χ4n) is 1.77. The molecule has 0 aromatic carbocycles. The Bertz CT molecular complexity index is 495. The lowest BCUT2D eigenvalue weighted by Gasteiger charge is -1.97. The van der Waals surface area contributed by atoms with Crippen LogP contribution in [0, 0.1) is 5.92 Å². The van der Waals surface area contributed by atoms with Gasteiger partial charge in [-0.15, -0.1) is 0 Å². The van der Waals surface area contributed by atoms with E-state index < -0.39 is 0 Å². The van der Waals surface area contributed by atoms with Crippen molar-refractivity contribution in [3.63, 3.8) is 0 Å². The first-order valence-electron chi connectivity index (χ1n) is 5.42. The van der Waals surface area contributed by atoms with Gasteiger partial charge in [-0.1, -0.05) is 5.16 Å². The van der Waals surface area contributed by atoms with Crippen molar-refractivity contribution in [1.82, 2.24) is 9.72 Å². The number of Topliss-reactive ketones (excluding diaryl/α,β-unsaturated/α-hetero) is 1. The van der Waals surface area contributed by atoms with Crippen LogP contribution in [0.15, 0.2) is 35.2 Å². The van der Waals surface area contributed by atoms with Gasteiger partial charge in [0.25, 0.3) is 0 Å². The van der Waals surface area contributed by atoms with Crippen LogP contribution in [0.2, 0.25) is 0 Å². The van der Waals surface area contributed by atoms with E-state index in [1.54, 1.807) is 6.20 Å². The average molecular weight is 216 g/mol. The number of nitrogens with zero attached hydrogens (tertiary/aromatic N) is 2. The third-order valence-corrected chi connectivity index (χ3v) is 2.81. The molecule has 4 nitrogen and oxygen atoms in total. The molecule has 0 radical (unpaired) electrons. The zero-order valence-corrected chi connectivity index (χ0v) is 8.80. The molecule has 82 valence electrons. The summed E-state index contributed by atoms with van der Waals surface area (Å²) in [4.78, 5) is 11.8. The third-order valence-electron chi connectivity index (χ3n) is 2.81. The first kappa shape index (κ1) is 9.39. The Kier molecular flexibility index (Phi) is 2.13. The summed E-state index contributed by atoms with van der Waals surface area (Å²) in [6.07, 6.45) is 7.49. The molecule has 16 heavy (non-hydrogen) atoms. The Balaban J connectivity index is 1.74. The number of rotatable bonds is 4. The molecule has 4 heteroatoms. The van der Waals surface area contributed by atoms with E-state index >= 15 is 0 Å². The summed E-state index contributed by atoms with van der Waals surface area (Å²) in [7, 11) is 0. The Morgan fingerprint density at radius 2 is 2.38 bits per heavy atom. The van der Waals surface area contributed by atoms with Gasteiger partial charge in [0.1, 0.15) is 0 Å². The zero-order valence-electron chi connectivity index (χ0n) is 8.80. The van der Waals surface area contributed by atoms with Crippen LogP contribution in [0.5, 0.6) is 0 Å². The van der Waals surface area contributed by atoms with Crippen LogP contribution in [0.25, 0.3) is 0 Å². The summed E-state index contributed by atoms with van der Waals surface area (Å²) < 4.78 is 6.95. The average Bonchev–Trinajstić information content (AvgIpc) is 2.82. The van der Waals surface area contributed by atoms with Crippen molar-refractivity contribution < 1.29 is 9.32 Å². The van der Waals surface area contributed by atoms with E-state index in [9.17, 15) is 4.79 Å². The van der Waals surface area contributed by atoms with E-state index in [1.807, 2.05) is 29.1 Å². The van der Waals surface area contributed by atoms with Crippen LogP contribution < -0.4 is 0 Å². The molecule has 0 spiro atoms. The molecule has 0 atom stereocenters. The molecule has 1 aliphatic carbocycles. The predicted molar refractivity (Wildman–Crippen MR) is 57.1 cm³/mol. The smallest absolute Gasteiger partial charge is 0.167 e. The number of carbonyl (C=O) groups excluding carboxylic acids is 1. The van der Waals surface area contributed by atoms with E-state index in [1.165, 1.54) is 0 Å². The number of hydrogen-bond donors (Lipinski definition) is 0. The second-order valence-corrected chi connectivity index (χ2v) is 4.19. The van der Waals surface area contributed by atoms with Gasteiger partial charge >= 0.3 is 0 Å². The van der Waals surface area contributed by atoms with Crippen LogP contribution in [-0.2, 0) is 6.54 Å². The molecule has 0 unspecified atom stereocenters. The van der Waals surface area contributed by atoms with Crippen molar-refractivity contribution in [3.8, 4) is 0 Å². The number of aromatic nitrogens is 2. The van der Waals surface area contributed by atoms with Gasteiger partial charge in [-0.2, -0.15) is 0 Å². The van der Waals surface area contributed by atoms with E-state index in [0.29, 0.717) is 6.54 Å². The lowest BCUT2D eigenvalue weighted by Crippen LogP contribution is -2.00. The van der Waals surface area contributed by atoms with E-state index in [0.717, 1.165) is 24.2 Å². The molecule has 2 heterocycles. The standard InChI is InChI=1S/C12H12N2O2/c15-12(9-1-2-9)10-4-6-14(7-10)8-11-3-5-13-16-11/h3-7,9H,1-2,8H2. The number of hydrogen-bond acceptors (Lipinski definition) is 3. The van der Waals surface area contributed by atoms with Crippen molar-refractivity contribution >= 4 is 5.78 Å². The molecular formula is C12H12N2O2. The lowest BCUT2D eigenvalue weighted by atomic mass is 10.1. The largest absolute Gasteiger partial charge is 0.359 e. The quantitative estimate of drug-likeness (QED) is 0.735. The summed E-state index contributed by atoms with van der Waals surface area (Å²) in [5.41, 5.74) is 0.807. The van der Waals surface area contributed by atoms with Crippen molar-refractivity contribution in [3.05, 3.63) is 42.0 Å². The van der Waals surface area contributed by atoms with Gasteiger partial charge in [0.05, 0.1) is 12.7 Å². The highest BCUT2D eigenvalue weighted by atomic mass is 16.5. The highest BCUT2D eigenvalue weighted by Gasteiger charge is 2.30. The molecule has 0 N–H and O–H groups in total. The van der Waals surface area contributed by atoms with Crippen LogP contribution in [0.3, 0.4) is 0 Å². The normalized spacial score (nSPS) is 15.2. The molecule has 0 bridgehead atoms. The third kappa shape index (κ3) is 1.78. The van der Waals surface area contributed by atoms with Gasteiger partial charge in [-0.25, -0.2) is 0 Å². The summed E-state index contributed by atoms with van der Waals surface area (Å²) in [6, 6.07) is 3.69. The topological polar surface area (TPSA) is 48.0 Å². The van der Waals surface area contributed by atoms with Gasteiger partial charge in [-0.05, 0) is 18.9 Å². The van der Waals surface area contributed by atoms with E-state index in [2.05, 4.69) is 5.16 Å². The summed E-state index contributed by atoms with van der Waals surface area (Å²) in [5.74, 6) is 1.35. The van der Waals surface area contributed by atoms with Crippen LogP contribution in [0.1, 0.15) is 29.0 Å². The summed E-state index contributed by atoms with van der Waals surface area (Å²) in [5, 5.41) is 3.64. The molecule has 1 saturated carbocycles. The minimum absolute atomic E-state index is 0.274. The van der Waals surface area contributed by atoms with Gasteiger partial charge in [0.15, 0.2) is 11.5 Å². The molecule has 2 aromatic heterocycles. The monoisotopic (exact) mass is 216 g/mol. The van der Waals surface area contributed by atoms with Crippen molar-refractivity contribution in [2.75, 3.05) is 0 Å². The SMILES string of the molecule is O=C(c1ccn(Cc2ccno2)c1)C1CC1. The summed E-state index contributed by atoms with van der Waals surface area (Å²) in [6.45, 7) is 0.623. The number of ketones is 1. The van der Waals surface area contributed by atoms with E-state index in [-0.39, 0.29) is 11.7 Å². The maximum absolute atomic E-state index is 11.8. The molecule has 3 rings (SSSR count). The van der Waals surface area contributed by atoms with Gasteiger partial charge in [0.2, 0.25) is 0 Å². The second-order valence-electron chi connectivity index (χ2n) is 4.19. The molecule has 0 saturated heterocycles. The summed E-state index contributed by atoms with van der Waals surface area (Å²) >= 11 is 0. The molecule has 0 amide bonds. The number of carbonyl (C=O) groups is 1. The van der Waals surface area contributed by atoms with Crippen LogP contribution in [0.4, 0.5) is 0 Å². The van der Waals surface area contributed by atoms with Gasteiger partial charge in [-0.3, -0.25) is 4.79 Å². The maximum atomic E-state index is 11.8. The molecule has 1 fully saturated rings. The molecular weight excluding hydrogens is 204 g/mol. The first-order valence-corrected chi connectivity index (χ1v) is 5.42. The highest BCUT2D eigenvalue weighted by molar-refractivity contribution is 5.99. The van der Waals surface area contributed by atoms with Gasteiger partial charge < -0.3 is 9.09 Å². The van der Waals surface area contributed by atoms with Gasteiger partial charge in [0, 0.05) is 29.9 Å². The Labute approximate surface area is 92.9 Å².